The van der Waals surface area contributed by atoms with Gasteiger partial charge in [-0.1, -0.05) is 23.9 Å². The maximum atomic E-state index is 12.6. The summed E-state index contributed by atoms with van der Waals surface area (Å²) in [4.78, 5) is 31.1. The van der Waals surface area contributed by atoms with E-state index < -0.39 is 17.7 Å². The molecule has 1 aromatic carbocycles. The van der Waals surface area contributed by atoms with Gasteiger partial charge in [-0.2, -0.15) is 0 Å². The van der Waals surface area contributed by atoms with E-state index >= 15 is 0 Å². The Balaban J connectivity index is 1.75. The Kier molecular flexibility index (Phi) is 5.95. The van der Waals surface area contributed by atoms with E-state index in [1.165, 1.54) is 4.90 Å². The molecule has 0 aliphatic carbocycles. The molecular weight excluding hydrogens is 384 g/mol. The number of likely N-dealkylation sites (tertiary alicyclic amines) is 1. The molecule has 8 heteroatoms. The third-order valence-electron chi connectivity index (χ3n) is 3.99. The van der Waals surface area contributed by atoms with Crippen molar-refractivity contribution >= 4 is 45.4 Å². The molecule has 1 fully saturated rings. The van der Waals surface area contributed by atoms with Gasteiger partial charge in [0, 0.05) is 11.8 Å². The second-order valence-electron chi connectivity index (χ2n) is 7.32. The number of fused-ring (bicyclic) bond motifs is 1. The average molecular weight is 409 g/mol. The first-order valence-electron chi connectivity index (χ1n) is 8.95. The summed E-state index contributed by atoms with van der Waals surface area (Å²) in [7, 11) is 0. The highest BCUT2D eigenvalue weighted by atomic mass is 32.2. The lowest BCUT2D eigenvalue weighted by atomic mass is 10.2. The van der Waals surface area contributed by atoms with Gasteiger partial charge in [-0.25, -0.2) is 14.6 Å². The third kappa shape index (κ3) is 4.93. The Morgan fingerprint density at radius 2 is 2.07 bits per heavy atom. The highest BCUT2D eigenvalue weighted by Gasteiger charge is 2.43. The number of carbonyl (C=O) groups is 2. The number of amides is 1. The van der Waals surface area contributed by atoms with Crippen LogP contribution in [0.5, 0.6) is 0 Å². The van der Waals surface area contributed by atoms with Gasteiger partial charge in [0.05, 0.1) is 16.8 Å². The first kappa shape index (κ1) is 19.9. The Labute approximate surface area is 167 Å². The number of ether oxygens (including phenoxy) is 2. The minimum atomic E-state index is -0.619. The molecular formula is C19H24N2O4S2. The van der Waals surface area contributed by atoms with Gasteiger partial charge in [0.15, 0.2) is 4.34 Å². The van der Waals surface area contributed by atoms with Crippen LogP contribution in [-0.2, 0) is 14.3 Å². The maximum Gasteiger partial charge on any atom is 0.411 e. The molecule has 0 bridgehead atoms. The quantitative estimate of drug-likeness (QED) is 0.702. The van der Waals surface area contributed by atoms with Crippen molar-refractivity contribution in [2.45, 2.75) is 55.3 Å². The fourth-order valence-corrected chi connectivity index (χ4v) is 5.43. The fourth-order valence-electron chi connectivity index (χ4n) is 2.91. The minimum Gasteiger partial charge on any atom is -0.464 e. The van der Waals surface area contributed by atoms with Crippen molar-refractivity contribution in [2.24, 2.45) is 0 Å². The van der Waals surface area contributed by atoms with Crippen LogP contribution in [0.3, 0.4) is 0 Å². The second kappa shape index (κ2) is 8.06. The molecule has 1 aliphatic heterocycles. The van der Waals surface area contributed by atoms with E-state index in [9.17, 15) is 9.59 Å². The Morgan fingerprint density at radius 1 is 1.33 bits per heavy atom. The lowest BCUT2D eigenvalue weighted by molar-refractivity contribution is -0.148. The van der Waals surface area contributed by atoms with Crippen molar-refractivity contribution in [1.29, 1.82) is 0 Å². The summed E-state index contributed by atoms with van der Waals surface area (Å²) in [5.74, 6) is -0.379. The van der Waals surface area contributed by atoms with Crippen molar-refractivity contribution in [3.8, 4) is 0 Å². The summed E-state index contributed by atoms with van der Waals surface area (Å²) in [5, 5.41) is 0.0625. The molecule has 27 heavy (non-hydrogen) atoms. The number of para-hydroxylation sites is 1. The Bertz CT molecular complexity index is 797. The van der Waals surface area contributed by atoms with Gasteiger partial charge in [-0.15, -0.1) is 11.3 Å². The van der Waals surface area contributed by atoms with Crippen LogP contribution >= 0.6 is 23.1 Å². The first-order chi connectivity index (χ1) is 12.8. The van der Waals surface area contributed by atoms with Crippen LogP contribution in [0.1, 0.15) is 34.1 Å². The van der Waals surface area contributed by atoms with Gasteiger partial charge in [0.2, 0.25) is 0 Å². The summed E-state index contributed by atoms with van der Waals surface area (Å²) in [5.41, 5.74) is 0.350. The maximum absolute atomic E-state index is 12.6. The molecule has 6 nitrogen and oxygen atoms in total. The summed E-state index contributed by atoms with van der Waals surface area (Å²) in [6.07, 6.45) is 0.0477. The molecule has 1 aromatic heterocycles. The molecule has 0 N–H and O–H groups in total. The van der Waals surface area contributed by atoms with E-state index in [0.29, 0.717) is 13.0 Å². The van der Waals surface area contributed by atoms with Crippen LogP contribution in [-0.4, -0.2) is 52.0 Å². The van der Waals surface area contributed by atoms with Crippen molar-refractivity contribution in [3.63, 3.8) is 0 Å². The van der Waals surface area contributed by atoms with E-state index in [4.69, 9.17) is 9.47 Å². The van der Waals surface area contributed by atoms with Gasteiger partial charge in [-0.3, -0.25) is 4.90 Å². The average Bonchev–Trinajstić information content (AvgIpc) is 3.17. The monoisotopic (exact) mass is 408 g/mol. The summed E-state index contributed by atoms with van der Waals surface area (Å²) < 4.78 is 12.7. The molecule has 0 saturated carbocycles. The molecule has 3 rings (SSSR count). The number of hydrogen-bond acceptors (Lipinski definition) is 7. The molecule has 2 atom stereocenters. The lowest BCUT2D eigenvalue weighted by Crippen LogP contribution is -2.44. The predicted octanol–water partition coefficient (Wildman–Crippen LogP) is 4.33. The summed E-state index contributed by atoms with van der Waals surface area (Å²) >= 11 is 3.23. The van der Waals surface area contributed by atoms with Gasteiger partial charge in [0.1, 0.15) is 11.6 Å². The number of carbonyl (C=O) groups excluding carboxylic acids is 2. The minimum absolute atomic E-state index is 0.0625. The number of esters is 1. The molecule has 2 heterocycles. The number of thioether (sulfide) groups is 1. The van der Waals surface area contributed by atoms with Gasteiger partial charge < -0.3 is 9.47 Å². The molecule has 0 radical (unpaired) electrons. The smallest absolute Gasteiger partial charge is 0.411 e. The second-order valence-corrected chi connectivity index (χ2v) is 9.90. The van der Waals surface area contributed by atoms with Gasteiger partial charge >= 0.3 is 12.1 Å². The van der Waals surface area contributed by atoms with Crippen LogP contribution in [0.4, 0.5) is 4.79 Å². The third-order valence-corrected chi connectivity index (χ3v) is 6.33. The van der Waals surface area contributed by atoms with E-state index in [-0.39, 0.29) is 17.8 Å². The topological polar surface area (TPSA) is 68.7 Å². The standard InChI is InChI=1S/C19H24N2O4S2/c1-5-24-16(22)14-10-12(11-21(14)18(23)25-19(2,3)4)26-17-20-13-8-6-7-9-15(13)27-17/h6-9,12,14H,5,10-11H2,1-4H3/t12-,14+/m1/s1. The largest absolute Gasteiger partial charge is 0.464 e. The zero-order valence-electron chi connectivity index (χ0n) is 15.9. The summed E-state index contributed by atoms with van der Waals surface area (Å²) in [6.45, 7) is 7.92. The lowest BCUT2D eigenvalue weighted by Gasteiger charge is -2.27. The highest BCUT2D eigenvalue weighted by molar-refractivity contribution is 8.01. The van der Waals surface area contributed by atoms with Crippen LogP contribution in [0.15, 0.2) is 28.6 Å². The first-order valence-corrected chi connectivity index (χ1v) is 10.6. The van der Waals surface area contributed by atoms with E-state index in [1.54, 1.807) is 30.0 Å². The molecule has 1 amide bonds. The zero-order chi connectivity index (χ0) is 19.6. The van der Waals surface area contributed by atoms with Gasteiger partial charge in [-0.05, 0) is 46.2 Å². The fraction of sp³-hybridized carbons (Fsp3) is 0.526. The molecule has 1 saturated heterocycles. The molecule has 0 spiro atoms. The van der Waals surface area contributed by atoms with Crippen molar-refractivity contribution in [2.75, 3.05) is 13.2 Å². The van der Waals surface area contributed by atoms with Crippen LogP contribution in [0, 0.1) is 0 Å². The van der Waals surface area contributed by atoms with E-state index in [0.717, 1.165) is 14.6 Å². The zero-order valence-corrected chi connectivity index (χ0v) is 17.6. The van der Waals surface area contributed by atoms with Crippen LogP contribution < -0.4 is 0 Å². The number of benzene rings is 1. The van der Waals surface area contributed by atoms with E-state index in [2.05, 4.69) is 4.98 Å². The number of nitrogens with zero attached hydrogens (tertiary/aromatic N) is 2. The van der Waals surface area contributed by atoms with Crippen molar-refractivity contribution in [1.82, 2.24) is 9.88 Å². The Morgan fingerprint density at radius 3 is 2.74 bits per heavy atom. The SMILES string of the molecule is CCOC(=O)[C@@H]1C[C@@H](Sc2nc3ccccc3s2)CN1C(=O)OC(C)(C)C. The number of rotatable bonds is 4. The van der Waals surface area contributed by atoms with E-state index in [1.807, 2.05) is 45.0 Å². The summed E-state index contributed by atoms with van der Waals surface area (Å²) in [6, 6.07) is 7.37. The van der Waals surface area contributed by atoms with Gasteiger partial charge in [0.25, 0.3) is 0 Å². The number of thiazole rings is 1. The molecule has 0 unspecified atom stereocenters. The van der Waals surface area contributed by atoms with Crippen molar-refractivity contribution < 1.29 is 19.1 Å². The normalized spacial score (nSPS) is 20.1. The number of aromatic nitrogens is 1. The highest BCUT2D eigenvalue weighted by Crippen LogP contribution is 2.37. The molecule has 2 aromatic rings. The Hall–Kier alpha value is -1.80. The van der Waals surface area contributed by atoms with Crippen LogP contribution in [0.2, 0.25) is 0 Å². The van der Waals surface area contributed by atoms with Crippen molar-refractivity contribution in [3.05, 3.63) is 24.3 Å². The number of hydrogen-bond donors (Lipinski definition) is 0. The molecule has 1 aliphatic rings. The molecule has 146 valence electrons. The predicted molar refractivity (Wildman–Crippen MR) is 107 cm³/mol. The van der Waals surface area contributed by atoms with Crippen LogP contribution in [0.25, 0.3) is 10.2 Å².